The Bertz CT molecular complexity index is 1510. The van der Waals surface area contributed by atoms with Crippen molar-refractivity contribution in [1.29, 1.82) is 0 Å². The molecular formula is C39H52N2O8. The highest BCUT2D eigenvalue weighted by Gasteiger charge is 2.65. The molecule has 6 unspecified atom stereocenters. The summed E-state index contributed by atoms with van der Waals surface area (Å²) in [5, 5.41) is 34.8. The van der Waals surface area contributed by atoms with E-state index in [-0.39, 0.29) is 55.7 Å². The van der Waals surface area contributed by atoms with Crippen LogP contribution >= 0.6 is 0 Å². The monoisotopic (exact) mass is 676 g/mol. The lowest BCUT2D eigenvalue weighted by atomic mass is 9.55. The van der Waals surface area contributed by atoms with E-state index in [9.17, 15) is 20.1 Å². The molecule has 6 atom stereocenters. The second kappa shape index (κ2) is 16.7. The summed E-state index contributed by atoms with van der Waals surface area (Å²) in [4.78, 5) is 21.6. The van der Waals surface area contributed by atoms with Crippen LogP contribution in [0.5, 0.6) is 17.2 Å². The first kappa shape index (κ1) is 36.4. The number of nitrogens with zero attached hydrogens (tertiary/aromatic N) is 2. The third-order valence-corrected chi connectivity index (χ3v) is 10.3. The second-order valence-corrected chi connectivity index (χ2v) is 13.2. The number of aliphatic hydroxyl groups is 2. The standard InChI is InChI=1S/C39H52N2O8/c1-5-20-47-39-35(41(3)36(45)22-26-12-11-14-29(21-26)46-4)25-33(40-48-6-2)31-23-27(13-7-9-18-42)30(15-8-10-19-43)37(38(31)39)32-24-28(44)16-17-34(32)49-39/h5,11-12,14,16-17,21,23-24,27,30,35,37-38,42-44H,1,6-10,13,15,18-20,22,25H2,2-4H3. The zero-order valence-electron chi connectivity index (χ0n) is 29.1. The summed E-state index contributed by atoms with van der Waals surface area (Å²) in [5.41, 5.74) is 3.42. The van der Waals surface area contributed by atoms with E-state index in [0.717, 1.165) is 48.1 Å². The van der Waals surface area contributed by atoms with E-state index in [1.54, 1.807) is 43.3 Å². The minimum atomic E-state index is -1.32. The van der Waals surface area contributed by atoms with Gasteiger partial charge >= 0.3 is 0 Å². The molecule has 2 aromatic rings. The average Bonchev–Trinajstić information content (AvgIpc) is 3.11. The van der Waals surface area contributed by atoms with Gasteiger partial charge in [0.15, 0.2) is 0 Å². The molecule has 3 aliphatic rings. The number of phenolic OH excluding ortho intramolecular Hbond substituents is 1. The van der Waals surface area contributed by atoms with Crippen molar-refractivity contribution in [3.05, 3.63) is 77.9 Å². The smallest absolute Gasteiger partial charge is 0.239 e. The molecule has 0 saturated heterocycles. The van der Waals surface area contributed by atoms with Crippen LogP contribution < -0.4 is 9.47 Å². The Labute approximate surface area is 290 Å². The molecule has 2 aromatic carbocycles. The number of hydrogen-bond acceptors (Lipinski definition) is 9. The lowest BCUT2D eigenvalue weighted by Crippen LogP contribution is -2.69. The molecule has 0 spiro atoms. The molecule has 0 aromatic heterocycles. The number of aliphatic hydroxyl groups excluding tert-OH is 2. The van der Waals surface area contributed by atoms with Gasteiger partial charge in [0.1, 0.15) is 29.9 Å². The number of likely N-dealkylation sites (N-methyl/N-ethyl adjacent to an activating group) is 1. The van der Waals surface area contributed by atoms with Crippen LogP contribution in [0.4, 0.5) is 0 Å². The summed E-state index contributed by atoms with van der Waals surface area (Å²) < 4.78 is 19.3. The molecule has 10 heteroatoms. The molecule has 1 amide bonds. The second-order valence-electron chi connectivity index (χ2n) is 13.2. The molecule has 1 heterocycles. The third-order valence-electron chi connectivity index (χ3n) is 10.3. The largest absolute Gasteiger partial charge is 0.508 e. The van der Waals surface area contributed by atoms with Crippen LogP contribution in [0.3, 0.4) is 0 Å². The Kier molecular flexibility index (Phi) is 12.4. The van der Waals surface area contributed by atoms with E-state index in [1.165, 1.54) is 0 Å². The molecule has 2 aliphatic carbocycles. The van der Waals surface area contributed by atoms with Crippen LogP contribution in [-0.2, 0) is 20.8 Å². The zero-order valence-corrected chi connectivity index (χ0v) is 29.1. The molecule has 0 radical (unpaired) electrons. The summed E-state index contributed by atoms with van der Waals surface area (Å²) in [6.07, 6.45) is 9.22. The van der Waals surface area contributed by atoms with Crippen molar-refractivity contribution in [1.82, 2.24) is 4.90 Å². The highest BCUT2D eigenvalue weighted by Crippen LogP contribution is 2.61. The van der Waals surface area contributed by atoms with Crippen LogP contribution in [0.25, 0.3) is 0 Å². The van der Waals surface area contributed by atoms with Crippen molar-refractivity contribution in [3.63, 3.8) is 0 Å². The molecular weight excluding hydrogens is 624 g/mol. The Balaban J connectivity index is 1.69. The van der Waals surface area contributed by atoms with E-state index < -0.39 is 17.7 Å². The van der Waals surface area contributed by atoms with Gasteiger partial charge in [-0.2, -0.15) is 0 Å². The van der Waals surface area contributed by atoms with E-state index in [0.29, 0.717) is 37.4 Å². The van der Waals surface area contributed by atoms with Gasteiger partial charge in [-0.25, -0.2) is 0 Å². The van der Waals surface area contributed by atoms with Crippen molar-refractivity contribution >= 4 is 11.6 Å². The maximum Gasteiger partial charge on any atom is 0.239 e. The predicted molar refractivity (Wildman–Crippen MR) is 188 cm³/mol. The maximum atomic E-state index is 14.2. The molecule has 1 aliphatic heterocycles. The van der Waals surface area contributed by atoms with Crippen LogP contribution in [0, 0.1) is 17.8 Å². The minimum absolute atomic E-state index is 0.0973. The Morgan fingerprint density at radius 2 is 1.90 bits per heavy atom. The Morgan fingerprint density at radius 1 is 1.12 bits per heavy atom. The molecule has 49 heavy (non-hydrogen) atoms. The highest BCUT2D eigenvalue weighted by atomic mass is 16.7. The fraction of sp³-hybridized carbons (Fsp3) is 0.538. The highest BCUT2D eigenvalue weighted by molar-refractivity contribution is 6.03. The first-order valence-corrected chi connectivity index (χ1v) is 17.6. The van der Waals surface area contributed by atoms with Crippen LogP contribution in [0.2, 0.25) is 0 Å². The zero-order chi connectivity index (χ0) is 35.0. The SMILES string of the molecule is C=CCOC12Oc3ccc(O)cc3C3C(CCCCO)C(CCCCO)C=C(C(=NOCC)CC1N(C)C(=O)Cc1cccc(OC)c1)C32. The van der Waals surface area contributed by atoms with Gasteiger partial charge in [-0.05, 0) is 85.9 Å². The quantitative estimate of drug-likeness (QED) is 0.110. The first-order valence-electron chi connectivity index (χ1n) is 17.6. The van der Waals surface area contributed by atoms with E-state index in [2.05, 4.69) is 17.8 Å². The molecule has 5 rings (SSSR count). The van der Waals surface area contributed by atoms with Crippen LogP contribution in [0.15, 0.2) is 71.9 Å². The number of oxime groups is 1. The fourth-order valence-corrected chi connectivity index (χ4v) is 8.14. The van der Waals surface area contributed by atoms with Gasteiger partial charge in [0.25, 0.3) is 0 Å². The lowest BCUT2D eigenvalue weighted by Gasteiger charge is -2.59. The molecule has 0 bridgehead atoms. The molecule has 3 N–H and O–H groups in total. The van der Waals surface area contributed by atoms with Gasteiger partial charge in [0, 0.05) is 38.2 Å². The number of allylic oxidation sites excluding steroid dienone is 1. The van der Waals surface area contributed by atoms with Gasteiger partial charge in [-0.3, -0.25) is 4.79 Å². The number of amides is 1. The summed E-state index contributed by atoms with van der Waals surface area (Å²) in [7, 11) is 3.40. The van der Waals surface area contributed by atoms with Gasteiger partial charge in [0.2, 0.25) is 11.7 Å². The normalized spacial score (nSPS) is 26.2. The number of carbonyl (C=O) groups excluding carboxylic acids is 1. The summed E-state index contributed by atoms with van der Waals surface area (Å²) in [6, 6.07) is 12.1. The van der Waals surface area contributed by atoms with E-state index >= 15 is 0 Å². The summed E-state index contributed by atoms with van der Waals surface area (Å²) in [6.45, 7) is 6.65. The van der Waals surface area contributed by atoms with Crippen molar-refractivity contribution < 1.29 is 39.2 Å². The van der Waals surface area contributed by atoms with Gasteiger partial charge in [-0.15, -0.1) is 6.58 Å². The number of benzene rings is 2. The number of unbranched alkanes of at least 4 members (excludes halogenated alkanes) is 2. The summed E-state index contributed by atoms with van der Waals surface area (Å²) in [5.74, 6) is -0.350. The molecule has 266 valence electrons. The minimum Gasteiger partial charge on any atom is -0.508 e. The van der Waals surface area contributed by atoms with Gasteiger partial charge in [0.05, 0.1) is 31.8 Å². The average molecular weight is 677 g/mol. The van der Waals surface area contributed by atoms with Gasteiger partial charge in [-0.1, -0.05) is 42.3 Å². The van der Waals surface area contributed by atoms with Crippen LogP contribution in [0.1, 0.15) is 68.9 Å². The number of rotatable bonds is 17. The number of ether oxygens (including phenoxy) is 3. The van der Waals surface area contributed by atoms with Crippen molar-refractivity contribution in [2.24, 2.45) is 22.9 Å². The number of phenols is 1. The molecule has 10 nitrogen and oxygen atoms in total. The number of hydrogen-bond donors (Lipinski definition) is 3. The summed E-state index contributed by atoms with van der Waals surface area (Å²) >= 11 is 0. The number of fused-ring (bicyclic) bond motifs is 2. The van der Waals surface area contributed by atoms with Crippen LogP contribution in [-0.4, -0.2) is 84.3 Å². The Morgan fingerprint density at radius 3 is 2.61 bits per heavy atom. The van der Waals surface area contributed by atoms with Crippen molar-refractivity contribution in [2.45, 2.75) is 76.0 Å². The third kappa shape index (κ3) is 7.66. The lowest BCUT2D eigenvalue weighted by molar-refractivity contribution is -0.255. The first-order chi connectivity index (χ1) is 23.8. The van der Waals surface area contributed by atoms with Crippen molar-refractivity contribution in [3.8, 4) is 17.2 Å². The molecule has 1 saturated carbocycles. The number of aromatic hydroxyl groups is 1. The van der Waals surface area contributed by atoms with E-state index in [4.69, 9.17) is 19.0 Å². The van der Waals surface area contributed by atoms with Gasteiger partial charge < -0.3 is 39.3 Å². The topological polar surface area (TPSA) is 130 Å². The number of methoxy groups -OCH3 is 1. The van der Waals surface area contributed by atoms with Crippen molar-refractivity contribution in [2.75, 3.05) is 40.6 Å². The predicted octanol–water partition coefficient (Wildman–Crippen LogP) is 5.76. The Hall–Kier alpha value is -3.86. The molecule has 1 fully saturated rings. The maximum absolute atomic E-state index is 14.2. The van der Waals surface area contributed by atoms with E-state index in [1.807, 2.05) is 31.2 Å². The number of carbonyl (C=O) groups is 1. The fourth-order valence-electron chi connectivity index (χ4n) is 8.14.